The SMILES string of the molecule is CCC(=O)Cc1csc2cc(OCc3ccc(Cl)cc3Cl)ccc12. The number of benzene rings is 2. The number of hydrogen-bond donors (Lipinski definition) is 0. The molecule has 0 aliphatic carbocycles. The van der Waals surface area contributed by atoms with E-state index in [9.17, 15) is 4.79 Å². The molecule has 0 saturated heterocycles. The Kier molecular flexibility index (Phi) is 5.44. The van der Waals surface area contributed by atoms with Crippen LogP contribution < -0.4 is 4.74 Å². The number of carbonyl (C=O) groups is 1. The van der Waals surface area contributed by atoms with Gasteiger partial charge in [0.25, 0.3) is 0 Å². The molecule has 0 N–H and O–H groups in total. The van der Waals surface area contributed by atoms with E-state index in [1.807, 2.05) is 31.2 Å². The maximum atomic E-state index is 11.7. The number of halogens is 2. The van der Waals surface area contributed by atoms with Crippen molar-refractivity contribution >= 4 is 50.4 Å². The third-order valence-electron chi connectivity index (χ3n) is 3.82. The van der Waals surface area contributed by atoms with Crippen LogP contribution in [0.2, 0.25) is 10.0 Å². The quantitative estimate of drug-likeness (QED) is 0.502. The lowest BCUT2D eigenvalue weighted by Gasteiger charge is -2.08. The van der Waals surface area contributed by atoms with Crippen molar-refractivity contribution in [3.63, 3.8) is 0 Å². The summed E-state index contributed by atoms with van der Waals surface area (Å²) in [6, 6.07) is 11.3. The van der Waals surface area contributed by atoms with Crippen molar-refractivity contribution in [2.45, 2.75) is 26.4 Å². The van der Waals surface area contributed by atoms with Gasteiger partial charge in [-0.3, -0.25) is 4.79 Å². The van der Waals surface area contributed by atoms with Crippen molar-refractivity contribution in [3.8, 4) is 5.75 Å². The monoisotopic (exact) mass is 378 g/mol. The number of thiophene rings is 1. The van der Waals surface area contributed by atoms with E-state index in [0.717, 1.165) is 27.0 Å². The number of Topliss-reactive ketones (excluding diaryl/α,β-unsaturated/α-hetero) is 1. The molecule has 2 nitrogen and oxygen atoms in total. The van der Waals surface area contributed by atoms with Gasteiger partial charge in [-0.25, -0.2) is 0 Å². The van der Waals surface area contributed by atoms with E-state index in [4.69, 9.17) is 27.9 Å². The minimum atomic E-state index is 0.257. The van der Waals surface area contributed by atoms with Crippen LogP contribution in [0, 0.1) is 0 Å². The molecule has 0 unspecified atom stereocenters. The van der Waals surface area contributed by atoms with E-state index in [-0.39, 0.29) is 5.78 Å². The standard InChI is InChI=1S/C19H16Cl2O2S/c1-2-15(22)7-13-11-24-19-9-16(5-6-17(13)19)23-10-12-3-4-14(20)8-18(12)21/h3-6,8-9,11H,2,7,10H2,1H3. The van der Waals surface area contributed by atoms with Crippen LogP contribution in [-0.4, -0.2) is 5.78 Å². The summed E-state index contributed by atoms with van der Waals surface area (Å²) in [5.74, 6) is 1.04. The first-order chi connectivity index (χ1) is 11.6. The first-order valence-corrected chi connectivity index (χ1v) is 9.29. The van der Waals surface area contributed by atoms with Crippen molar-refractivity contribution in [1.29, 1.82) is 0 Å². The molecule has 1 aromatic heterocycles. The average molecular weight is 379 g/mol. The topological polar surface area (TPSA) is 26.3 Å². The first-order valence-electron chi connectivity index (χ1n) is 7.65. The van der Waals surface area contributed by atoms with E-state index in [0.29, 0.717) is 29.5 Å². The smallest absolute Gasteiger partial charge is 0.137 e. The van der Waals surface area contributed by atoms with Crippen LogP contribution in [0.15, 0.2) is 41.8 Å². The number of carbonyl (C=O) groups excluding carboxylic acids is 1. The molecule has 0 bridgehead atoms. The Hall–Kier alpha value is -1.55. The van der Waals surface area contributed by atoms with Gasteiger partial charge in [0.05, 0.1) is 0 Å². The maximum Gasteiger partial charge on any atom is 0.137 e. The van der Waals surface area contributed by atoms with E-state index in [2.05, 4.69) is 5.38 Å². The molecule has 0 aliphatic rings. The largest absolute Gasteiger partial charge is 0.489 e. The minimum absolute atomic E-state index is 0.257. The van der Waals surface area contributed by atoms with Crippen molar-refractivity contribution < 1.29 is 9.53 Å². The summed E-state index contributed by atoms with van der Waals surface area (Å²) < 4.78 is 6.96. The highest BCUT2D eigenvalue weighted by molar-refractivity contribution is 7.17. The Labute approximate surface area is 155 Å². The van der Waals surface area contributed by atoms with Gasteiger partial charge in [0.15, 0.2) is 0 Å². The fourth-order valence-electron chi connectivity index (χ4n) is 2.43. The highest BCUT2D eigenvalue weighted by Gasteiger charge is 2.09. The second-order valence-electron chi connectivity index (χ2n) is 5.51. The summed E-state index contributed by atoms with van der Waals surface area (Å²) >= 11 is 13.7. The zero-order valence-electron chi connectivity index (χ0n) is 13.1. The fourth-order valence-corrected chi connectivity index (χ4v) is 3.88. The number of ether oxygens (including phenoxy) is 1. The summed E-state index contributed by atoms with van der Waals surface area (Å²) in [7, 11) is 0. The van der Waals surface area contributed by atoms with Gasteiger partial charge in [0.1, 0.15) is 18.1 Å². The van der Waals surface area contributed by atoms with E-state index < -0.39 is 0 Å². The second-order valence-corrected chi connectivity index (χ2v) is 7.27. The van der Waals surface area contributed by atoms with Gasteiger partial charge in [-0.2, -0.15) is 0 Å². The van der Waals surface area contributed by atoms with Crippen molar-refractivity contribution in [2.75, 3.05) is 0 Å². The van der Waals surface area contributed by atoms with Crippen LogP contribution in [0.3, 0.4) is 0 Å². The van der Waals surface area contributed by atoms with Crippen molar-refractivity contribution in [2.24, 2.45) is 0 Å². The lowest BCUT2D eigenvalue weighted by Crippen LogP contribution is -1.99. The van der Waals surface area contributed by atoms with Crippen molar-refractivity contribution in [1.82, 2.24) is 0 Å². The molecule has 0 aliphatic heterocycles. The minimum Gasteiger partial charge on any atom is -0.489 e. The Balaban J connectivity index is 1.75. The Morgan fingerprint density at radius 2 is 1.96 bits per heavy atom. The molecule has 124 valence electrons. The molecule has 2 aromatic carbocycles. The van der Waals surface area contributed by atoms with Crippen LogP contribution in [0.1, 0.15) is 24.5 Å². The zero-order valence-corrected chi connectivity index (χ0v) is 15.5. The number of fused-ring (bicyclic) bond motifs is 1. The summed E-state index contributed by atoms with van der Waals surface area (Å²) in [5.41, 5.74) is 1.98. The second kappa shape index (κ2) is 7.56. The molecule has 3 aromatic rings. The molecule has 3 rings (SSSR count). The molecular formula is C19H16Cl2O2S. The zero-order chi connectivity index (χ0) is 17.1. The number of ketones is 1. The lowest BCUT2D eigenvalue weighted by molar-refractivity contribution is -0.118. The Bertz CT molecular complexity index is 886. The molecule has 0 atom stereocenters. The van der Waals surface area contributed by atoms with Crippen LogP contribution in [0.5, 0.6) is 5.75 Å². The van der Waals surface area contributed by atoms with Gasteiger partial charge in [0, 0.05) is 33.2 Å². The van der Waals surface area contributed by atoms with Gasteiger partial charge in [-0.15, -0.1) is 11.3 Å². The highest BCUT2D eigenvalue weighted by Crippen LogP contribution is 2.31. The predicted octanol–water partition coefficient (Wildman–Crippen LogP) is 6.31. The summed E-state index contributed by atoms with van der Waals surface area (Å²) in [6.07, 6.45) is 1.07. The normalized spacial score (nSPS) is 11.0. The Morgan fingerprint density at radius 3 is 2.71 bits per heavy atom. The predicted molar refractivity (Wildman–Crippen MR) is 102 cm³/mol. The molecule has 0 saturated carbocycles. The molecule has 0 spiro atoms. The van der Waals surface area contributed by atoms with Gasteiger partial charge in [-0.05, 0) is 46.7 Å². The molecule has 0 fully saturated rings. The van der Waals surface area contributed by atoms with Gasteiger partial charge < -0.3 is 4.74 Å². The molecule has 24 heavy (non-hydrogen) atoms. The first kappa shape index (κ1) is 17.3. The lowest BCUT2D eigenvalue weighted by atomic mass is 10.1. The van der Waals surface area contributed by atoms with Gasteiger partial charge >= 0.3 is 0 Å². The number of rotatable bonds is 6. The van der Waals surface area contributed by atoms with Crippen LogP contribution in [0.4, 0.5) is 0 Å². The van der Waals surface area contributed by atoms with Crippen LogP contribution >= 0.6 is 34.5 Å². The fraction of sp³-hybridized carbons (Fsp3) is 0.211. The third kappa shape index (κ3) is 3.92. The van der Waals surface area contributed by atoms with Gasteiger partial charge in [0.2, 0.25) is 0 Å². The van der Waals surface area contributed by atoms with Crippen LogP contribution in [0.25, 0.3) is 10.1 Å². The molecular weight excluding hydrogens is 363 g/mol. The Morgan fingerprint density at radius 1 is 1.12 bits per heavy atom. The number of hydrogen-bond acceptors (Lipinski definition) is 3. The van der Waals surface area contributed by atoms with E-state index in [1.54, 1.807) is 23.5 Å². The molecule has 5 heteroatoms. The maximum absolute atomic E-state index is 11.7. The third-order valence-corrected chi connectivity index (χ3v) is 5.40. The summed E-state index contributed by atoms with van der Waals surface area (Å²) in [4.78, 5) is 11.7. The van der Waals surface area contributed by atoms with Crippen molar-refractivity contribution in [3.05, 3.63) is 63.0 Å². The van der Waals surface area contributed by atoms with Gasteiger partial charge in [-0.1, -0.05) is 36.2 Å². The molecule has 0 radical (unpaired) electrons. The van der Waals surface area contributed by atoms with E-state index in [1.165, 1.54) is 0 Å². The summed E-state index contributed by atoms with van der Waals surface area (Å²) in [5, 5.41) is 4.38. The summed E-state index contributed by atoms with van der Waals surface area (Å²) in [6.45, 7) is 2.28. The van der Waals surface area contributed by atoms with E-state index >= 15 is 0 Å². The van der Waals surface area contributed by atoms with Crippen LogP contribution in [-0.2, 0) is 17.8 Å². The molecule has 0 amide bonds. The molecule has 1 heterocycles. The average Bonchev–Trinajstić information content (AvgIpc) is 2.96. The highest BCUT2D eigenvalue weighted by atomic mass is 35.5.